The molecule has 1 aromatic carbocycles. The van der Waals surface area contributed by atoms with Crippen LogP contribution in [0.25, 0.3) is 22.2 Å². The largest absolute Gasteiger partial charge is 0.494 e. The van der Waals surface area contributed by atoms with Crippen LogP contribution < -0.4 is 26.8 Å². The van der Waals surface area contributed by atoms with Crippen molar-refractivity contribution in [3.05, 3.63) is 82.6 Å². The lowest BCUT2D eigenvalue weighted by Gasteiger charge is -2.13. The van der Waals surface area contributed by atoms with Gasteiger partial charge in [-0.3, -0.25) is 43.7 Å². The van der Waals surface area contributed by atoms with Gasteiger partial charge in [0.25, 0.3) is 11.8 Å². The average Bonchev–Trinajstić information content (AvgIpc) is 3.88. The number of ether oxygens (including phenoxy) is 1. The van der Waals surface area contributed by atoms with Gasteiger partial charge in [0, 0.05) is 37.4 Å². The molecule has 6 N–H and O–H groups in total. The summed E-state index contributed by atoms with van der Waals surface area (Å²) in [5.41, 5.74) is 15.1. The fourth-order valence-electron chi connectivity index (χ4n) is 5.96. The Morgan fingerprint density at radius 3 is 2.04 bits per heavy atom. The molecule has 6 aromatic rings. The lowest BCUT2D eigenvalue weighted by molar-refractivity contribution is 0.0991. The molecule has 5 heterocycles. The number of methoxy groups -OCH3 is 1. The second-order valence-electron chi connectivity index (χ2n) is 12.5. The Hall–Kier alpha value is -6.85. The minimum Gasteiger partial charge on any atom is -0.494 e. The normalized spacial score (nSPS) is 11.6. The number of benzene rings is 1. The first-order chi connectivity index (χ1) is 25.3. The second-order valence-corrected chi connectivity index (χ2v) is 12.5. The Morgan fingerprint density at radius 1 is 0.811 bits per heavy atom. The van der Waals surface area contributed by atoms with Crippen LogP contribution in [0.3, 0.4) is 0 Å². The van der Waals surface area contributed by atoms with Crippen molar-refractivity contribution in [2.75, 3.05) is 17.7 Å². The van der Waals surface area contributed by atoms with E-state index < -0.39 is 23.6 Å². The Labute approximate surface area is 302 Å². The summed E-state index contributed by atoms with van der Waals surface area (Å²) < 4.78 is 12.3. The van der Waals surface area contributed by atoms with E-state index in [1.807, 2.05) is 32.9 Å². The molecule has 0 radical (unpaired) electrons. The molecule has 0 fully saturated rings. The second kappa shape index (κ2) is 14.4. The summed E-state index contributed by atoms with van der Waals surface area (Å²) in [5.74, 6) is -1.49. The Kier molecular flexibility index (Phi) is 9.78. The molecule has 0 unspecified atom stereocenters. The number of amides is 4. The molecule has 5 aromatic heterocycles. The highest BCUT2D eigenvalue weighted by Gasteiger charge is 2.23. The summed E-state index contributed by atoms with van der Waals surface area (Å²) >= 11 is 0. The van der Waals surface area contributed by atoms with Gasteiger partial charge in [0.1, 0.15) is 28.2 Å². The van der Waals surface area contributed by atoms with Gasteiger partial charge in [0.2, 0.25) is 23.7 Å². The van der Waals surface area contributed by atoms with Crippen LogP contribution in [0.5, 0.6) is 5.75 Å². The molecule has 0 atom stereocenters. The van der Waals surface area contributed by atoms with Crippen LogP contribution in [0.15, 0.2) is 48.7 Å². The van der Waals surface area contributed by atoms with Crippen molar-refractivity contribution >= 4 is 57.7 Å². The predicted molar refractivity (Wildman–Crippen MR) is 196 cm³/mol. The van der Waals surface area contributed by atoms with Gasteiger partial charge in [-0.1, -0.05) is 12.2 Å². The van der Waals surface area contributed by atoms with Crippen LogP contribution in [0, 0.1) is 13.8 Å². The highest BCUT2D eigenvalue weighted by molar-refractivity contribution is 6.05. The highest BCUT2D eigenvalue weighted by Crippen LogP contribution is 2.31. The third kappa shape index (κ3) is 7.06. The number of carbonyl (C=O) groups excluding carboxylic acids is 4. The molecule has 0 aliphatic rings. The first kappa shape index (κ1) is 36.0. The number of nitrogens with one attached hydrogen (secondary N) is 2. The number of rotatable bonds is 13. The fraction of sp³-hybridized carbons (Fsp3) is 0.286. The molecule has 0 aliphatic heterocycles. The zero-order valence-electron chi connectivity index (χ0n) is 30.0. The minimum atomic E-state index is -0.667. The number of nitrogens with zero attached hydrogens (tertiary/aromatic N) is 9. The molecular weight excluding hydrogens is 682 g/mol. The van der Waals surface area contributed by atoms with Gasteiger partial charge in [-0.2, -0.15) is 10.2 Å². The van der Waals surface area contributed by atoms with Gasteiger partial charge >= 0.3 is 0 Å². The molecule has 4 amide bonds. The van der Waals surface area contributed by atoms with Crippen molar-refractivity contribution in [3.8, 4) is 5.75 Å². The number of aryl methyl sites for hydroxylation is 3. The summed E-state index contributed by atoms with van der Waals surface area (Å²) in [5, 5.41) is 14.6. The molecule has 0 bridgehead atoms. The van der Waals surface area contributed by atoms with Gasteiger partial charge in [0.05, 0.1) is 29.6 Å². The van der Waals surface area contributed by atoms with Crippen molar-refractivity contribution < 1.29 is 23.9 Å². The van der Waals surface area contributed by atoms with E-state index in [2.05, 4.69) is 35.8 Å². The first-order valence-corrected chi connectivity index (χ1v) is 16.7. The van der Waals surface area contributed by atoms with Gasteiger partial charge in [-0.15, -0.1) is 0 Å². The Morgan fingerprint density at radius 2 is 1.40 bits per heavy atom. The first-order valence-electron chi connectivity index (χ1n) is 16.7. The van der Waals surface area contributed by atoms with E-state index in [9.17, 15) is 19.2 Å². The van der Waals surface area contributed by atoms with Gasteiger partial charge in [-0.05, 0) is 65.0 Å². The van der Waals surface area contributed by atoms with Gasteiger partial charge < -0.3 is 20.8 Å². The number of fused-ring (bicyclic) bond motifs is 2. The van der Waals surface area contributed by atoms with Crippen molar-refractivity contribution in [3.63, 3.8) is 0 Å². The zero-order valence-corrected chi connectivity index (χ0v) is 30.0. The van der Waals surface area contributed by atoms with Crippen LogP contribution in [-0.2, 0) is 19.6 Å². The standard InChI is InChI=1S/C35H39N13O5/c1-7-47-25(12-19(4)43-47)32(51)41-35-40-24-15-22(30(37)50)17-38-31(24)46(35)11-9-8-10-45-28-23(14-21(29(36)49)16-27(28)53-6)39-34(45)42-33(52)26-13-20(5)44-48(26)18(2)3/h8-9,12-18H,7,10-11H2,1-6H3,(H2,36,49)(H2,37,50)(H,39,42,52)(H,40,41,51)/b9-8+. The maximum atomic E-state index is 13.6. The van der Waals surface area contributed by atoms with Gasteiger partial charge in [-0.25, -0.2) is 15.0 Å². The van der Waals surface area contributed by atoms with Gasteiger partial charge in [0.15, 0.2) is 5.65 Å². The number of hydrogen-bond donors (Lipinski definition) is 4. The SMILES string of the molecule is CCn1nc(C)cc1C(=O)Nc1nc2cc(C(N)=O)cnc2n1C/C=C/Cn1c(NC(=O)c2cc(C)nn2C(C)C)nc2cc(C(N)=O)cc(OC)c21. The van der Waals surface area contributed by atoms with Crippen LogP contribution in [0.2, 0.25) is 0 Å². The lowest BCUT2D eigenvalue weighted by Crippen LogP contribution is -2.21. The van der Waals surface area contributed by atoms with Crippen molar-refractivity contribution in [2.24, 2.45) is 11.5 Å². The molecule has 0 aliphatic carbocycles. The number of primary amides is 2. The van der Waals surface area contributed by atoms with Crippen LogP contribution in [0.1, 0.15) is 79.9 Å². The third-order valence-corrected chi connectivity index (χ3v) is 8.39. The lowest BCUT2D eigenvalue weighted by atomic mass is 10.1. The van der Waals surface area contributed by atoms with E-state index in [1.165, 1.54) is 31.5 Å². The molecule has 0 saturated heterocycles. The Balaban J connectivity index is 1.36. The number of imidazole rings is 2. The fourth-order valence-corrected chi connectivity index (χ4v) is 5.96. The third-order valence-electron chi connectivity index (χ3n) is 8.39. The summed E-state index contributed by atoms with van der Waals surface area (Å²) in [6.45, 7) is 10.2. The van der Waals surface area contributed by atoms with Crippen molar-refractivity contribution in [1.82, 2.24) is 43.6 Å². The smallest absolute Gasteiger partial charge is 0.276 e. The Bertz CT molecular complexity index is 2450. The summed E-state index contributed by atoms with van der Waals surface area (Å²) in [7, 11) is 1.46. The van der Waals surface area contributed by atoms with E-state index in [0.717, 1.165) is 0 Å². The zero-order chi connectivity index (χ0) is 38.1. The summed E-state index contributed by atoms with van der Waals surface area (Å²) in [6.07, 6.45) is 4.99. The topological polar surface area (TPSA) is 238 Å². The summed E-state index contributed by atoms with van der Waals surface area (Å²) in [4.78, 5) is 64.7. The van der Waals surface area contributed by atoms with Crippen molar-refractivity contribution in [2.45, 2.75) is 60.3 Å². The molecule has 18 heteroatoms. The van der Waals surface area contributed by atoms with E-state index in [0.29, 0.717) is 57.3 Å². The quantitative estimate of drug-likeness (QED) is 0.127. The molecule has 53 heavy (non-hydrogen) atoms. The number of allylic oxidation sites excluding steroid dienone is 2. The number of pyridine rings is 1. The van der Waals surface area contributed by atoms with E-state index >= 15 is 0 Å². The van der Waals surface area contributed by atoms with Crippen molar-refractivity contribution in [1.29, 1.82) is 0 Å². The average molecular weight is 722 g/mol. The molecule has 18 nitrogen and oxygen atoms in total. The molecule has 6 rings (SSSR count). The number of nitrogens with two attached hydrogens (primary N) is 2. The van der Waals surface area contributed by atoms with E-state index in [-0.39, 0.29) is 42.2 Å². The van der Waals surface area contributed by atoms with Crippen LogP contribution in [-0.4, -0.2) is 74.4 Å². The minimum absolute atomic E-state index is 0.0758. The number of anilines is 2. The highest BCUT2D eigenvalue weighted by atomic mass is 16.5. The number of carbonyl (C=O) groups is 4. The van der Waals surface area contributed by atoms with Crippen LogP contribution in [0.4, 0.5) is 11.9 Å². The molecular formula is C35H39N13O5. The molecule has 0 spiro atoms. The maximum absolute atomic E-state index is 13.6. The number of aromatic nitrogens is 9. The summed E-state index contributed by atoms with van der Waals surface area (Å²) in [6, 6.07) is 7.85. The van der Waals surface area contributed by atoms with Crippen LogP contribution >= 0.6 is 0 Å². The number of hydrogen-bond acceptors (Lipinski definition) is 10. The monoisotopic (exact) mass is 721 g/mol. The molecule has 274 valence electrons. The maximum Gasteiger partial charge on any atom is 0.276 e. The van der Waals surface area contributed by atoms with E-state index in [1.54, 1.807) is 44.5 Å². The van der Waals surface area contributed by atoms with E-state index in [4.69, 9.17) is 16.2 Å². The molecule has 0 saturated carbocycles. The predicted octanol–water partition coefficient (Wildman–Crippen LogP) is 3.36.